The SMILES string of the molecule is Cc1c(CN2CCN(S(C)(=O)=O)CC2)sc2c(N3CCOCC3)nc(-c3ccc(N)nc3)cc12. The highest BCUT2D eigenvalue weighted by molar-refractivity contribution is 7.88. The van der Waals surface area contributed by atoms with Gasteiger partial charge < -0.3 is 15.4 Å². The van der Waals surface area contributed by atoms with Crippen LogP contribution >= 0.6 is 11.3 Å². The number of anilines is 2. The second-order valence-electron chi connectivity index (χ2n) is 8.87. The van der Waals surface area contributed by atoms with Gasteiger partial charge in [-0.3, -0.25) is 4.90 Å². The van der Waals surface area contributed by atoms with Crippen LogP contribution < -0.4 is 10.6 Å². The number of hydrogen-bond donors (Lipinski definition) is 1. The highest BCUT2D eigenvalue weighted by Crippen LogP contribution is 2.40. The van der Waals surface area contributed by atoms with Crippen LogP contribution in [0.3, 0.4) is 0 Å². The summed E-state index contributed by atoms with van der Waals surface area (Å²) in [7, 11) is -3.13. The van der Waals surface area contributed by atoms with Crippen LogP contribution in [-0.4, -0.2) is 86.3 Å². The van der Waals surface area contributed by atoms with Crippen molar-refractivity contribution in [2.24, 2.45) is 0 Å². The first-order chi connectivity index (χ1) is 16.3. The molecule has 2 N–H and O–H groups in total. The summed E-state index contributed by atoms with van der Waals surface area (Å²) in [6, 6.07) is 5.92. The van der Waals surface area contributed by atoms with Gasteiger partial charge in [-0.05, 0) is 30.7 Å². The second kappa shape index (κ2) is 9.38. The largest absolute Gasteiger partial charge is 0.384 e. The first-order valence-electron chi connectivity index (χ1n) is 11.4. The summed E-state index contributed by atoms with van der Waals surface area (Å²) in [4.78, 5) is 15.3. The van der Waals surface area contributed by atoms with Gasteiger partial charge >= 0.3 is 0 Å². The number of pyridine rings is 2. The fourth-order valence-electron chi connectivity index (χ4n) is 4.52. The summed E-state index contributed by atoms with van der Waals surface area (Å²) in [5.41, 5.74) is 8.88. The number of morpholine rings is 1. The number of aryl methyl sites for hydroxylation is 1. The van der Waals surface area contributed by atoms with Crippen LogP contribution in [0.4, 0.5) is 11.6 Å². The molecule has 0 unspecified atom stereocenters. The molecule has 2 aliphatic rings. The molecule has 34 heavy (non-hydrogen) atoms. The van der Waals surface area contributed by atoms with Crippen LogP contribution in [0.25, 0.3) is 21.3 Å². The molecule has 0 atom stereocenters. The zero-order valence-corrected chi connectivity index (χ0v) is 21.2. The average molecular weight is 503 g/mol. The van der Waals surface area contributed by atoms with Gasteiger partial charge in [0.05, 0.1) is 29.9 Å². The van der Waals surface area contributed by atoms with Crippen LogP contribution in [0, 0.1) is 6.92 Å². The quantitative estimate of drug-likeness (QED) is 0.566. The van der Waals surface area contributed by atoms with Crippen molar-refractivity contribution in [2.45, 2.75) is 13.5 Å². The van der Waals surface area contributed by atoms with E-state index in [1.54, 1.807) is 27.9 Å². The van der Waals surface area contributed by atoms with Gasteiger partial charge in [0.15, 0.2) is 0 Å². The van der Waals surface area contributed by atoms with Crippen molar-refractivity contribution < 1.29 is 13.2 Å². The minimum atomic E-state index is -3.13. The summed E-state index contributed by atoms with van der Waals surface area (Å²) >= 11 is 1.80. The number of ether oxygens (including phenoxy) is 1. The van der Waals surface area contributed by atoms with Crippen molar-refractivity contribution in [1.29, 1.82) is 0 Å². The predicted molar refractivity (Wildman–Crippen MR) is 137 cm³/mol. The Bertz CT molecular complexity index is 1280. The molecule has 5 rings (SSSR count). The van der Waals surface area contributed by atoms with E-state index in [-0.39, 0.29) is 0 Å². The van der Waals surface area contributed by atoms with Crippen molar-refractivity contribution in [3.05, 3.63) is 34.8 Å². The van der Waals surface area contributed by atoms with E-state index in [0.29, 0.717) is 32.1 Å². The number of nitrogens with zero attached hydrogens (tertiary/aromatic N) is 5. The number of fused-ring (bicyclic) bond motifs is 1. The molecule has 182 valence electrons. The summed E-state index contributed by atoms with van der Waals surface area (Å²) in [5, 5.41) is 1.21. The molecule has 2 fully saturated rings. The zero-order valence-electron chi connectivity index (χ0n) is 19.5. The molecule has 11 heteroatoms. The van der Waals surface area contributed by atoms with Gasteiger partial charge in [0.25, 0.3) is 0 Å². The molecule has 2 aliphatic heterocycles. The number of nitrogen functional groups attached to an aromatic ring is 1. The Morgan fingerprint density at radius 3 is 2.50 bits per heavy atom. The molecule has 2 saturated heterocycles. The van der Waals surface area contributed by atoms with Crippen LogP contribution in [0.15, 0.2) is 24.4 Å². The first-order valence-corrected chi connectivity index (χ1v) is 14.1. The lowest BCUT2D eigenvalue weighted by molar-refractivity contribution is 0.122. The van der Waals surface area contributed by atoms with E-state index in [4.69, 9.17) is 15.5 Å². The summed E-state index contributed by atoms with van der Waals surface area (Å²) in [6.07, 6.45) is 3.06. The molecular formula is C23H30N6O3S2. The molecule has 0 bridgehead atoms. The average Bonchev–Trinajstić information content (AvgIpc) is 3.14. The second-order valence-corrected chi connectivity index (χ2v) is 12.0. The van der Waals surface area contributed by atoms with Crippen LogP contribution in [0.2, 0.25) is 0 Å². The number of rotatable bonds is 5. The van der Waals surface area contributed by atoms with Crippen LogP contribution in [-0.2, 0) is 21.3 Å². The summed E-state index contributed by atoms with van der Waals surface area (Å²) < 4.78 is 32.0. The van der Waals surface area contributed by atoms with E-state index in [2.05, 4.69) is 27.8 Å². The third kappa shape index (κ3) is 4.76. The van der Waals surface area contributed by atoms with E-state index in [1.807, 2.05) is 6.07 Å². The van der Waals surface area contributed by atoms with Crippen LogP contribution in [0.5, 0.6) is 0 Å². The topological polar surface area (TPSA) is 105 Å². The van der Waals surface area contributed by atoms with Gasteiger partial charge in [-0.1, -0.05) is 0 Å². The molecule has 0 amide bonds. The lowest BCUT2D eigenvalue weighted by Crippen LogP contribution is -2.47. The van der Waals surface area contributed by atoms with E-state index in [1.165, 1.54) is 26.8 Å². The van der Waals surface area contributed by atoms with E-state index < -0.39 is 10.0 Å². The standard InChI is InChI=1S/C23H30N6O3S2/c1-16-18-13-19(17-3-4-21(24)25-14-17)26-23(28-9-11-32-12-10-28)22(18)33-20(16)15-27-5-7-29(8-6-27)34(2,30)31/h3-4,13-14H,5-12,15H2,1-2H3,(H2,24,25). The number of sulfonamides is 1. The minimum Gasteiger partial charge on any atom is -0.384 e. The minimum absolute atomic E-state index is 0.489. The maximum absolute atomic E-state index is 11.9. The monoisotopic (exact) mass is 502 g/mol. The van der Waals surface area contributed by atoms with Crippen molar-refractivity contribution in [3.8, 4) is 11.3 Å². The fourth-order valence-corrected chi connectivity index (χ4v) is 6.69. The molecular weight excluding hydrogens is 472 g/mol. The summed E-state index contributed by atoms with van der Waals surface area (Å²) in [6.45, 7) is 8.54. The highest BCUT2D eigenvalue weighted by atomic mass is 32.2. The smallest absolute Gasteiger partial charge is 0.211 e. The predicted octanol–water partition coefficient (Wildman–Crippen LogP) is 2.16. The Morgan fingerprint density at radius 1 is 1.12 bits per heavy atom. The Balaban J connectivity index is 1.49. The van der Waals surface area contributed by atoms with Gasteiger partial charge in [0, 0.05) is 67.8 Å². The summed E-state index contributed by atoms with van der Waals surface area (Å²) in [5.74, 6) is 1.48. The molecule has 3 aromatic rings. The molecule has 0 aromatic carbocycles. The Morgan fingerprint density at radius 2 is 1.85 bits per heavy atom. The van der Waals surface area contributed by atoms with Gasteiger partial charge in [0.2, 0.25) is 10.0 Å². The van der Waals surface area contributed by atoms with Gasteiger partial charge in [-0.15, -0.1) is 11.3 Å². The molecule has 0 spiro atoms. The third-order valence-electron chi connectivity index (χ3n) is 6.56. The third-order valence-corrected chi connectivity index (χ3v) is 9.15. The molecule has 9 nitrogen and oxygen atoms in total. The van der Waals surface area contributed by atoms with Crippen molar-refractivity contribution >= 4 is 43.1 Å². The van der Waals surface area contributed by atoms with Gasteiger partial charge in [-0.2, -0.15) is 4.31 Å². The fraction of sp³-hybridized carbons (Fsp3) is 0.478. The van der Waals surface area contributed by atoms with Crippen molar-refractivity contribution in [1.82, 2.24) is 19.2 Å². The lowest BCUT2D eigenvalue weighted by Gasteiger charge is -2.33. The number of piperazine rings is 1. The molecule has 5 heterocycles. The molecule has 0 aliphatic carbocycles. The van der Waals surface area contributed by atoms with Crippen molar-refractivity contribution in [2.75, 3.05) is 69.4 Å². The maximum Gasteiger partial charge on any atom is 0.211 e. The number of hydrogen-bond acceptors (Lipinski definition) is 9. The molecule has 0 saturated carbocycles. The highest BCUT2D eigenvalue weighted by Gasteiger charge is 2.26. The normalized spacial score (nSPS) is 18.6. The maximum atomic E-state index is 11.9. The first kappa shape index (κ1) is 23.4. The number of nitrogens with two attached hydrogens (primary N) is 1. The molecule has 3 aromatic heterocycles. The molecule has 0 radical (unpaired) electrons. The van der Waals surface area contributed by atoms with E-state index >= 15 is 0 Å². The lowest BCUT2D eigenvalue weighted by atomic mass is 10.1. The number of aromatic nitrogens is 2. The number of thiophene rings is 1. The Hall–Kier alpha value is -2.31. The van der Waals surface area contributed by atoms with Gasteiger partial charge in [0.1, 0.15) is 11.6 Å². The van der Waals surface area contributed by atoms with Crippen LogP contribution in [0.1, 0.15) is 10.4 Å². The van der Waals surface area contributed by atoms with E-state index in [0.717, 1.165) is 49.8 Å². The zero-order chi connectivity index (χ0) is 23.9. The Kier molecular flexibility index (Phi) is 6.47. The Labute approximate surface area is 204 Å². The van der Waals surface area contributed by atoms with E-state index in [9.17, 15) is 8.42 Å². The van der Waals surface area contributed by atoms with Crippen molar-refractivity contribution in [3.63, 3.8) is 0 Å². The van der Waals surface area contributed by atoms with Gasteiger partial charge in [-0.25, -0.2) is 18.4 Å².